The second-order valence-electron chi connectivity index (χ2n) is 7.02. The van der Waals surface area contributed by atoms with Crippen molar-refractivity contribution in [3.63, 3.8) is 0 Å². The highest BCUT2D eigenvalue weighted by molar-refractivity contribution is 6.30. The van der Waals surface area contributed by atoms with Crippen LogP contribution >= 0.6 is 11.6 Å². The molecule has 0 aliphatic carbocycles. The molecule has 9 heteroatoms. The smallest absolute Gasteiger partial charge is 0.231 e. The number of hydrogen-bond donors (Lipinski definition) is 2. The normalized spacial score (nSPS) is 11.2. The predicted octanol–water partition coefficient (Wildman–Crippen LogP) is 4.51. The van der Waals surface area contributed by atoms with Crippen LogP contribution in [0.25, 0.3) is 17.8 Å². The fraction of sp³-hybridized carbons (Fsp3) is 0.130. The van der Waals surface area contributed by atoms with Gasteiger partial charge in [-0.2, -0.15) is 0 Å². The van der Waals surface area contributed by atoms with Crippen LogP contribution in [0.4, 0.5) is 11.5 Å². The molecule has 0 bridgehead atoms. The zero-order valence-corrected chi connectivity index (χ0v) is 18.3. The summed E-state index contributed by atoms with van der Waals surface area (Å²) in [6, 6.07) is 7.16. The number of carbonyl (C=O) groups excluding carboxylic acids is 1. The number of aromatic nitrogens is 5. The van der Waals surface area contributed by atoms with Crippen LogP contribution in [0, 0.1) is 0 Å². The Kier molecular flexibility index (Phi) is 6.32. The molecule has 4 aromatic heterocycles. The molecular formula is C23H22ClN7O. The van der Waals surface area contributed by atoms with E-state index in [-0.39, 0.29) is 12.3 Å². The molecule has 0 unspecified atom stereocenters. The summed E-state index contributed by atoms with van der Waals surface area (Å²) >= 11 is 6.07. The fourth-order valence-corrected chi connectivity index (χ4v) is 3.42. The van der Waals surface area contributed by atoms with Crippen molar-refractivity contribution >= 4 is 46.8 Å². The van der Waals surface area contributed by atoms with Crippen LogP contribution in [-0.2, 0) is 17.8 Å². The maximum Gasteiger partial charge on any atom is 0.231 e. The van der Waals surface area contributed by atoms with Gasteiger partial charge in [-0.3, -0.25) is 4.79 Å². The van der Waals surface area contributed by atoms with Crippen molar-refractivity contribution in [3.05, 3.63) is 84.1 Å². The maximum atomic E-state index is 12.6. The molecular weight excluding hydrogens is 426 g/mol. The molecule has 4 rings (SSSR count). The van der Waals surface area contributed by atoms with E-state index in [9.17, 15) is 4.79 Å². The third-order valence-corrected chi connectivity index (χ3v) is 4.97. The SMILES string of the molecule is C=Cn1cc(CNc2ccnc(NC(=O)Cc3ncn4ccc(Cl)cc34)c2)nc1/C=C\C. The molecule has 0 atom stereocenters. The van der Waals surface area contributed by atoms with Crippen molar-refractivity contribution in [2.75, 3.05) is 10.6 Å². The number of allylic oxidation sites excluding steroid dienone is 1. The lowest BCUT2D eigenvalue weighted by Crippen LogP contribution is -2.16. The third-order valence-electron chi connectivity index (χ3n) is 4.73. The minimum Gasteiger partial charge on any atom is -0.379 e. The summed E-state index contributed by atoms with van der Waals surface area (Å²) in [5, 5.41) is 6.72. The molecule has 162 valence electrons. The molecule has 0 radical (unpaired) electrons. The number of amides is 1. The lowest BCUT2D eigenvalue weighted by atomic mass is 10.2. The molecule has 4 aromatic rings. The number of nitrogens with zero attached hydrogens (tertiary/aromatic N) is 5. The first-order valence-corrected chi connectivity index (χ1v) is 10.4. The van der Waals surface area contributed by atoms with E-state index in [1.54, 1.807) is 36.9 Å². The fourth-order valence-electron chi connectivity index (χ4n) is 3.26. The van der Waals surface area contributed by atoms with Gasteiger partial charge >= 0.3 is 0 Å². The van der Waals surface area contributed by atoms with Crippen molar-refractivity contribution in [2.24, 2.45) is 0 Å². The second-order valence-corrected chi connectivity index (χ2v) is 7.45. The topological polar surface area (TPSA) is 89.1 Å². The number of rotatable bonds is 8. The van der Waals surface area contributed by atoms with Crippen molar-refractivity contribution in [1.82, 2.24) is 23.9 Å². The van der Waals surface area contributed by atoms with E-state index < -0.39 is 0 Å². The minimum absolute atomic E-state index is 0.114. The Labute approximate surface area is 190 Å². The summed E-state index contributed by atoms with van der Waals surface area (Å²) in [5.41, 5.74) is 3.13. The minimum atomic E-state index is -0.212. The highest BCUT2D eigenvalue weighted by Crippen LogP contribution is 2.18. The molecule has 1 amide bonds. The van der Waals surface area contributed by atoms with E-state index in [2.05, 4.69) is 32.2 Å². The summed E-state index contributed by atoms with van der Waals surface area (Å²) in [6.07, 6.45) is 12.7. The lowest BCUT2D eigenvalue weighted by Gasteiger charge is -2.08. The van der Waals surface area contributed by atoms with Gasteiger partial charge in [-0.15, -0.1) is 0 Å². The number of carbonyl (C=O) groups is 1. The molecule has 2 N–H and O–H groups in total. The second kappa shape index (κ2) is 9.49. The average molecular weight is 448 g/mol. The van der Waals surface area contributed by atoms with Gasteiger partial charge in [-0.05, 0) is 31.2 Å². The Morgan fingerprint density at radius 3 is 2.97 bits per heavy atom. The number of imidazole rings is 2. The number of nitrogens with one attached hydrogen (secondary N) is 2. The highest BCUT2D eigenvalue weighted by atomic mass is 35.5. The Morgan fingerprint density at radius 1 is 1.28 bits per heavy atom. The summed E-state index contributed by atoms with van der Waals surface area (Å²) < 4.78 is 3.69. The lowest BCUT2D eigenvalue weighted by molar-refractivity contribution is -0.115. The van der Waals surface area contributed by atoms with Gasteiger partial charge in [0.25, 0.3) is 0 Å². The monoisotopic (exact) mass is 447 g/mol. The van der Waals surface area contributed by atoms with Crippen LogP contribution in [0.3, 0.4) is 0 Å². The van der Waals surface area contributed by atoms with E-state index in [4.69, 9.17) is 11.6 Å². The van der Waals surface area contributed by atoms with Crippen LogP contribution in [-0.4, -0.2) is 29.8 Å². The summed E-state index contributed by atoms with van der Waals surface area (Å²) in [5.74, 6) is 1.05. The van der Waals surface area contributed by atoms with Crippen molar-refractivity contribution in [1.29, 1.82) is 0 Å². The zero-order valence-electron chi connectivity index (χ0n) is 17.5. The van der Waals surface area contributed by atoms with Crippen molar-refractivity contribution in [3.8, 4) is 0 Å². The average Bonchev–Trinajstić information content (AvgIpc) is 3.36. The molecule has 32 heavy (non-hydrogen) atoms. The van der Waals surface area contributed by atoms with Gasteiger partial charge in [0.15, 0.2) is 0 Å². The number of hydrogen-bond acceptors (Lipinski definition) is 5. The summed E-state index contributed by atoms with van der Waals surface area (Å²) in [6.45, 7) is 6.26. The van der Waals surface area contributed by atoms with E-state index in [1.807, 2.05) is 46.5 Å². The molecule has 0 saturated heterocycles. The van der Waals surface area contributed by atoms with Gasteiger partial charge in [0, 0.05) is 41.6 Å². The Morgan fingerprint density at radius 2 is 2.16 bits per heavy atom. The Bertz CT molecular complexity index is 1300. The molecule has 0 fully saturated rings. The van der Waals surface area contributed by atoms with Crippen molar-refractivity contribution in [2.45, 2.75) is 19.9 Å². The van der Waals surface area contributed by atoms with E-state index in [1.165, 1.54) is 0 Å². The first-order chi connectivity index (χ1) is 15.6. The molecule has 0 spiro atoms. The first-order valence-electron chi connectivity index (χ1n) is 9.99. The quantitative estimate of drug-likeness (QED) is 0.415. The van der Waals surface area contributed by atoms with Gasteiger partial charge < -0.3 is 19.6 Å². The molecule has 8 nitrogen and oxygen atoms in total. The van der Waals surface area contributed by atoms with Crippen LogP contribution in [0.15, 0.2) is 61.8 Å². The predicted molar refractivity (Wildman–Crippen MR) is 127 cm³/mol. The maximum absolute atomic E-state index is 12.6. The van der Waals surface area contributed by atoms with Crippen LogP contribution in [0.2, 0.25) is 5.02 Å². The van der Waals surface area contributed by atoms with E-state index in [0.29, 0.717) is 23.1 Å². The van der Waals surface area contributed by atoms with Gasteiger partial charge in [-0.1, -0.05) is 24.3 Å². The largest absolute Gasteiger partial charge is 0.379 e. The van der Waals surface area contributed by atoms with Crippen LogP contribution in [0.1, 0.15) is 24.1 Å². The molecule has 0 aromatic carbocycles. The zero-order chi connectivity index (χ0) is 22.5. The van der Waals surface area contributed by atoms with Crippen LogP contribution < -0.4 is 10.6 Å². The van der Waals surface area contributed by atoms with Gasteiger partial charge in [0.2, 0.25) is 5.91 Å². The van der Waals surface area contributed by atoms with Crippen LogP contribution in [0.5, 0.6) is 0 Å². The number of anilines is 2. The van der Waals surface area contributed by atoms with E-state index in [0.717, 1.165) is 22.7 Å². The van der Waals surface area contributed by atoms with Gasteiger partial charge in [0.1, 0.15) is 11.6 Å². The van der Waals surface area contributed by atoms with Gasteiger partial charge in [-0.25, -0.2) is 15.0 Å². The summed E-state index contributed by atoms with van der Waals surface area (Å²) in [4.78, 5) is 25.7. The Hall–Kier alpha value is -3.91. The standard InChI is InChI=1S/C23H22ClN7O/c1-3-5-22-28-18(14-30(22)4-2)13-26-17-6-8-25-21(11-17)29-23(32)12-19-20-10-16(24)7-9-31(20)15-27-19/h3-11,14-15H,2,12-13H2,1H3,(H2,25,26,29,32)/b5-3-. The third kappa shape index (κ3) is 4.87. The van der Waals surface area contributed by atoms with Gasteiger partial charge in [0.05, 0.1) is 36.2 Å². The molecule has 4 heterocycles. The number of pyridine rings is 2. The highest BCUT2D eigenvalue weighted by Gasteiger charge is 2.11. The first kappa shape index (κ1) is 21.3. The Balaban J connectivity index is 1.40. The van der Waals surface area contributed by atoms with Crippen molar-refractivity contribution < 1.29 is 4.79 Å². The van der Waals surface area contributed by atoms with E-state index >= 15 is 0 Å². The number of halogens is 1. The molecule has 0 aliphatic rings. The molecule has 0 saturated carbocycles. The number of fused-ring (bicyclic) bond motifs is 1. The summed E-state index contributed by atoms with van der Waals surface area (Å²) in [7, 11) is 0. The molecule has 0 aliphatic heterocycles.